The standard InChI is InChI=1S/C19H20Cl2N2O3/c1-25-15-8-7-12(11-16(15)26-13-5-3-2-4-6-13)19(24)23-18-17(21)14(20)9-10-22-18/h7-11,13H,2-6H2,1H3,(H,22,23,24). The molecular formula is C19H20Cl2N2O3. The Labute approximate surface area is 162 Å². The minimum Gasteiger partial charge on any atom is -0.493 e. The third-order valence-corrected chi connectivity index (χ3v) is 5.14. The number of carbonyl (C=O) groups excluding carboxylic acids is 1. The number of nitrogens with one attached hydrogen (secondary N) is 1. The van der Waals surface area contributed by atoms with Crippen LogP contribution in [0.25, 0.3) is 0 Å². The fourth-order valence-corrected chi connectivity index (χ4v) is 3.26. The highest BCUT2D eigenvalue weighted by Crippen LogP contribution is 2.33. The Hall–Kier alpha value is -1.98. The van der Waals surface area contributed by atoms with Crippen molar-refractivity contribution in [3.8, 4) is 11.5 Å². The summed E-state index contributed by atoms with van der Waals surface area (Å²) in [6, 6.07) is 6.63. The third-order valence-electron chi connectivity index (χ3n) is 4.35. The minimum absolute atomic E-state index is 0.153. The van der Waals surface area contributed by atoms with Gasteiger partial charge >= 0.3 is 0 Å². The Balaban J connectivity index is 1.79. The van der Waals surface area contributed by atoms with Crippen molar-refractivity contribution in [1.29, 1.82) is 0 Å². The van der Waals surface area contributed by atoms with E-state index in [1.54, 1.807) is 31.4 Å². The molecule has 1 saturated carbocycles. The molecule has 7 heteroatoms. The topological polar surface area (TPSA) is 60.5 Å². The van der Waals surface area contributed by atoms with Gasteiger partial charge in [-0.15, -0.1) is 0 Å². The van der Waals surface area contributed by atoms with Gasteiger partial charge in [-0.05, 0) is 49.9 Å². The van der Waals surface area contributed by atoms with Crippen molar-refractivity contribution in [2.45, 2.75) is 38.2 Å². The molecule has 0 saturated heterocycles. The van der Waals surface area contributed by atoms with Gasteiger partial charge in [0.15, 0.2) is 17.3 Å². The van der Waals surface area contributed by atoms with Crippen LogP contribution in [0.15, 0.2) is 30.5 Å². The van der Waals surface area contributed by atoms with Crippen LogP contribution >= 0.6 is 23.2 Å². The van der Waals surface area contributed by atoms with Crippen LogP contribution < -0.4 is 14.8 Å². The van der Waals surface area contributed by atoms with Crippen LogP contribution in [0.1, 0.15) is 42.5 Å². The Bertz CT molecular complexity index is 792. The van der Waals surface area contributed by atoms with E-state index in [-0.39, 0.29) is 22.9 Å². The van der Waals surface area contributed by atoms with Crippen LogP contribution in [0.2, 0.25) is 10.0 Å². The fourth-order valence-electron chi connectivity index (χ4n) is 2.96. The van der Waals surface area contributed by atoms with Gasteiger partial charge in [0.1, 0.15) is 5.02 Å². The summed E-state index contributed by atoms with van der Waals surface area (Å²) in [6.07, 6.45) is 7.23. The van der Waals surface area contributed by atoms with E-state index in [4.69, 9.17) is 32.7 Å². The second kappa shape index (κ2) is 8.60. The lowest BCUT2D eigenvalue weighted by Gasteiger charge is -2.24. The molecule has 1 aliphatic carbocycles. The first-order chi connectivity index (χ1) is 12.6. The number of hydrogen-bond acceptors (Lipinski definition) is 4. The van der Waals surface area contributed by atoms with Gasteiger partial charge < -0.3 is 14.8 Å². The number of halogens is 2. The van der Waals surface area contributed by atoms with Gasteiger partial charge in [-0.2, -0.15) is 0 Å². The summed E-state index contributed by atoms with van der Waals surface area (Å²) in [5.74, 6) is 1.04. The number of methoxy groups -OCH3 is 1. The number of rotatable bonds is 5. The SMILES string of the molecule is COc1ccc(C(=O)Nc2nccc(Cl)c2Cl)cc1OC1CCCCC1. The van der Waals surface area contributed by atoms with Crippen LogP contribution in [0.5, 0.6) is 11.5 Å². The lowest BCUT2D eigenvalue weighted by Crippen LogP contribution is -2.20. The molecule has 26 heavy (non-hydrogen) atoms. The number of pyridine rings is 1. The van der Waals surface area contributed by atoms with Gasteiger partial charge in [0.25, 0.3) is 5.91 Å². The third kappa shape index (κ3) is 4.40. The quantitative estimate of drug-likeness (QED) is 0.740. The van der Waals surface area contributed by atoms with Crippen LogP contribution in [0, 0.1) is 0 Å². The summed E-state index contributed by atoms with van der Waals surface area (Å²) in [5, 5.41) is 3.20. The average molecular weight is 395 g/mol. The minimum atomic E-state index is -0.349. The normalized spacial score (nSPS) is 14.7. The molecule has 1 aromatic heterocycles. The van der Waals surface area contributed by atoms with Crippen molar-refractivity contribution in [2.75, 3.05) is 12.4 Å². The number of amides is 1. The second-order valence-corrected chi connectivity index (χ2v) is 6.94. The van der Waals surface area contributed by atoms with Crippen molar-refractivity contribution in [1.82, 2.24) is 4.98 Å². The molecule has 0 aliphatic heterocycles. The summed E-state index contributed by atoms with van der Waals surface area (Å²) >= 11 is 12.0. The van der Waals surface area contributed by atoms with Gasteiger partial charge in [0, 0.05) is 11.8 Å². The zero-order valence-corrected chi connectivity index (χ0v) is 15.9. The molecular weight excluding hydrogens is 375 g/mol. The van der Waals surface area contributed by atoms with Crippen molar-refractivity contribution in [3.05, 3.63) is 46.1 Å². The fraction of sp³-hybridized carbons (Fsp3) is 0.368. The zero-order chi connectivity index (χ0) is 18.5. The maximum Gasteiger partial charge on any atom is 0.256 e. The largest absolute Gasteiger partial charge is 0.493 e. The van der Waals surface area contributed by atoms with E-state index >= 15 is 0 Å². The summed E-state index contributed by atoms with van der Waals surface area (Å²) < 4.78 is 11.5. The second-order valence-electron chi connectivity index (χ2n) is 6.15. The number of nitrogens with zero attached hydrogens (tertiary/aromatic N) is 1. The average Bonchev–Trinajstić information content (AvgIpc) is 2.66. The van der Waals surface area contributed by atoms with E-state index in [0.717, 1.165) is 25.7 Å². The van der Waals surface area contributed by atoms with E-state index in [0.29, 0.717) is 22.1 Å². The predicted molar refractivity (Wildman–Crippen MR) is 103 cm³/mol. The van der Waals surface area contributed by atoms with Crippen molar-refractivity contribution in [2.24, 2.45) is 0 Å². The number of ether oxygens (including phenoxy) is 2. The first kappa shape index (κ1) is 18.8. The molecule has 1 aliphatic rings. The summed E-state index contributed by atoms with van der Waals surface area (Å²) in [5.41, 5.74) is 0.425. The van der Waals surface area contributed by atoms with Gasteiger partial charge in [-0.3, -0.25) is 4.79 Å². The molecule has 2 aromatic rings. The number of aromatic nitrogens is 1. The maximum atomic E-state index is 12.6. The smallest absolute Gasteiger partial charge is 0.256 e. The lowest BCUT2D eigenvalue weighted by molar-refractivity contribution is 0.102. The van der Waals surface area contributed by atoms with Crippen LogP contribution in [0.3, 0.4) is 0 Å². The number of benzene rings is 1. The van der Waals surface area contributed by atoms with Crippen LogP contribution in [-0.2, 0) is 0 Å². The highest BCUT2D eigenvalue weighted by molar-refractivity contribution is 6.43. The molecule has 5 nitrogen and oxygen atoms in total. The first-order valence-corrected chi connectivity index (χ1v) is 9.30. The van der Waals surface area contributed by atoms with E-state index < -0.39 is 0 Å². The molecule has 138 valence electrons. The first-order valence-electron chi connectivity index (χ1n) is 8.54. The molecule has 0 radical (unpaired) electrons. The van der Waals surface area contributed by atoms with Crippen molar-refractivity contribution >= 4 is 34.9 Å². The Morgan fingerprint density at radius 1 is 1.15 bits per heavy atom. The Morgan fingerprint density at radius 2 is 1.92 bits per heavy atom. The molecule has 1 fully saturated rings. The highest BCUT2D eigenvalue weighted by atomic mass is 35.5. The molecule has 3 rings (SSSR count). The van der Waals surface area contributed by atoms with E-state index in [1.807, 2.05) is 0 Å². The van der Waals surface area contributed by atoms with E-state index in [2.05, 4.69) is 10.3 Å². The molecule has 1 heterocycles. The van der Waals surface area contributed by atoms with Gasteiger partial charge in [-0.1, -0.05) is 29.6 Å². The number of anilines is 1. The number of hydrogen-bond donors (Lipinski definition) is 1. The maximum absolute atomic E-state index is 12.6. The van der Waals surface area contributed by atoms with Crippen LogP contribution in [0.4, 0.5) is 5.82 Å². The highest BCUT2D eigenvalue weighted by Gasteiger charge is 2.19. The number of carbonyl (C=O) groups is 1. The Kier molecular flexibility index (Phi) is 6.22. The van der Waals surface area contributed by atoms with E-state index in [9.17, 15) is 4.79 Å². The summed E-state index contributed by atoms with van der Waals surface area (Å²) in [7, 11) is 1.58. The lowest BCUT2D eigenvalue weighted by atomic mass is 9.98. The molecule has 0 bridgehead atoms. The van der Waals surface area contributed by atoms with Gasteiger partial charge in [0.2, 0.25) is 0 Å². The molecule has 0 unspecified atom stereocenters. The molecule has 1 N–H and O–H groups in total. The predicted octanol–water partition coefficient (Wildman–Crippen LogP) is 5.36. The van der Waals surface area contributed by atoms with Crippen molar-refractivity contribution in [3.63, 3.8) is 0 Å². The zero-order valence-electron chi connectivity index (χ0n) is 14.4. The molecule has 1 amide bonds. The Morgan fingerprint density at radius 3 is 2.65 bits per heavy atom. The van der Waals surface area contributed by atoms with E-state index in [1.165, 1.54) is 12.6 Å². The monoisotopic (exact) mass is 394 g/mol. The molecule has 1 aromatic carbocycles. The molecule has 0 atom stereocenters. The molecule has 0 spiro atoms. The van der Waals surface area contributed by atoms with Gasteiger partial charge in [0.05, 0.1) is 18.2 Å². The van der Waals surface area contributed by atoms with Gasteiger partial charge in [-0.25, -0.2) is 4.98 Å². The van der Waals surface area contributed by atoms with Crippen molar-refractivity contribution < 1.29 is 14.3 Å². The summed E-state index contributed by atoms with van der Waals surface area (Å²) in [4.78, 5) is 16.6. The van der Waals surface area contributed by atoms with Crippen LogP contribution in [-0.4, -0.2) is 24.1 Å². The summed E-state index contributed by atoms with van der Waals surface area (Å²) in [6.45, 7) is 0.